The Hall–Kier alpha value is -2.47. The van der Waals surface area contributed by atoms with E-state index in [0.717, 1.165) is 21.5 Å². The van der Waals surface area contributed by atoms with E-state index >= 15 is 0 Å². The number of hydrogen-bond donors (Lipinski definition) is 2. The van der Waals surface area contributed by atoms with Crippen LogP contribution in [0.3, 0.4) is 0 Å². The summed E-state index contributed by atoms with van der Waals surface area (Å²) >= 11 is 3.55. The van der Waals surface area contributed by atoms with E-state index in [1.807, 2.05) is 38.1 Å². The highest BCUT2D eigenvalue weighted by molar-refractivity contribution is 9.10. The van der Waals surface area contributed by atoms with Gasteiger partial charge in [-0.05, 0) is 71.7 Å². The van der Waals surface area contributed by atoms with Gasteiger partial charge >= 0.3 is 0 Å². The smallest absolute Gasteiger partial charge is 0.229 e. The summed E-state index contributed by atoms with van der Waals surface area (Å²) < 4.78 is 14.0. The molecule has 122 valence electrons. The minimum absolute atomic E-state index is 0.280. The van der Waals surface area contributed by atoms with Gasteiger partial charge in [-0.15, -0.1) is 0 Å². The predicted octanol–water partition coefficient (Wildman–Crippen LogP) is 5.48. The van der Waals surface area contributed by atoms with Crippen molar-refractivity contribution < 1.29 is 4.39 Å². The molecule has 0 saturated carbocycles. The van der Waals surface area contributed by atoms with Crippen LogP contribution >= 0.6 is 15.9 Å². The lowest BCUT2D eigenvalue weighted by Gasteiger charge is -2.11. The van der Waals surface area contributed by atoms with Gasteiger partial charge in [-0.3, -0.25) is 0 Å². The third-order valence-electron chi connectivity index (χ3n) is 3.34. The second-order valence-electron chi connectivity index (χ2n) is 5.46. The first-order valence-electron chi connectivity index (χ1n) is 7.41. The molecule has 4 nitrogen and oxygen atoms in total. The number of halogens is 2. The molecule has 0 saturated heterocycles. The van der Waals surface area contributed by atoms with E-state index in [2.05, 4.69) is 36.5 Å². The number of nitrogens with one attached hydrogen (secondary N) is 2. The normalized spacial score (nSPS) is 10.5. The Bertz CT molecular complexity index is 865. The molecule has 0 unspecified atom stereocenters. The topological polar surface area (TPSA) is 49.8 Å². The molecule has 0 fully saturated rings. The van der Waals surface area contributed by atoms with Crippen LogP contribution in [0.2, 0.25) is 0 Å². The van der Waals surface area contributed by atoms with Gasteiger partial charge in [0.25, 0.3) is 0 Å². The second-order valence-corrected chi connectivity index (χ2v) is 6.31. The molecule has 0 radical (unpaired) electrons. The van der Waals surface area contributed by atoms with Crippen LogP contribution in [0.1, 0.15) is 11.3 Å². The summed E-state index contributed by atoms with van der Waals surface area (Å²) in [5, 5.41) is 6.36. The third kappa shape index (κ3) is 4.08. The summed E-state index contributed by atoms with van der Waals surface area (Å²) in [5.41, 5.74) is 3.64. The predicted molar refractivity (Wildman–Crippen MR) is 98.6 cm³/mol. The molecule has 2 N–H and O–H groups in total. The van der Waals surface area contributed by atoms with Crippen molar-refractivity contribution in [1.29, 1.82) is 0 Å². The molecule has 6 heteroatoms. The fourth-order valence-corrected chi connectivity index (χ4v) is 2.80. The van der Waals surface area contributed by atoms with E-state index in [0.29, 0.717) is 11.8 Å². The van der Waals surface area contributed by atoms with Crippen molar-refractivity contribution in [1.82, 2.24) is 9.97 Å². The number of nitrogens with zero attached hydrogens (tertiary/aromatic N) is 2. The van der Waals surface area contributed by atoms with Crippen LogP contribution in [0.25, 0.3) is 0 Å². The largest absolute Gasteiger partial charge is 0.339 e. The SMILES string of the molecule is Cc1ccc(Nc2cc(C)nc(Nc3ccc(F)cc3)n2)c(Br)c1. The monoisotopic (exact) mass is 386 g/mol. The Morgan fingerprint density at radius 1 is 0.917 bits per heavy atom. The Morgan fingerprint density at radius 3 is 2.38 bits per heavy atom. The Kier molecular flexibility index (Phi) is 4.76. The van der Waals surface area contributed by atoms with Gasteiger partial charge in [0, 0.05) is 21.9 Å². The molecule has 0 aliphatic heterocycles. The molecular weight excluding hydrogens is 371 g/mol. The van der Waals surface area contributed by atoms with Crippen LogP contribution in [-0.4, -0.2) is 9.97 Å². The maximum absolute atomic E-state index is 13.0. The van der Waals surface area contributed by atoms with Gasteiger partial charge in [0.15, 0.2) is 0 Å². The molecule has 0 atom stereocenters. The van der Waals surface area contributed by atoms with Crippen molar-refractivity contribution in [3.8, 4) is 0 Å². The molecule has 0 bridgehead atoms. The summed E-state index contributed by atoms with van der Waals surface area (Å²) in [7, 11) is 0. The third-order valence-corrected chi connectivity index (χ3v) is 4.00. The van der Waals surface area contributed by atoms with Gasteiger partial charge < -0.3 is 10.6 Å². The van der Waals surface area contributed by atoms with Crippen molar-refractivity contribution in [2.45, 2.75) is 13.8 Å². The van der Waals surface area contributed by atoms with Gasteiger partial charge in [0.1, 0.15) is 11.6 Å². The Morgan fingerprint density at radius 2 is 1.67 bits per heavy atom. The van der Waals surface area contributed by atoms with E-state index in [-0.39, 0.29) is 5.82 Å². The lowest BCUT2D eigenvalue weighted by molar-refractivity contribution is 0.628. The van der Waals surface area contributed by atoms with Crippen LogP contribution in [0, 0.1) is 19.7 Å². The minimum Gasteiger partial charge on any atom is -0.339 e. The lowest BCUT2D eigenvalue weighted by Crippen LogP contribution is -2.02. The number of anilines is 4. The van der Waals surface area contributed by atoms with Crippen molar-refractivity contribution in [3.63, 3.8) is 0 Å². The maximum Gasteiger partial charge on any atom is 0.229 e. The van der Waals surface area contributed by atoms with Crippen molar-refractivity contribution >= 4 is 39.1 Å². The number of aryl methyl sites for hydroxylation is 2. The van der Waals surface area contributed by atoms with E-state index < -0.39 is 0 Å². The van der Waals surface area contributed by atoms with Gasteiger partial charge in [-0.2, -0.15) is 4.98 Å². The number of aromatic nitrogens is 2. The zero-order valence-corrected chi connectivity index (χ0v) is 14.9. The average Bonchev–Trinajstić information content (AvgIpc) is 2.52. The first-order valence-corrected chi connectivity index (χ1v) is 8.20. The summed E-state index contributed by atoms with van der Waals surface area (Å²) in [6.07, 6.45) is 0. The average molecular weight is 387 g/mol. The van der Waals surface area contributed by atoms with Gasteiger partial charge in [-0.25, -0.2) is 9.37 Å². The van der Waals surface area contributed by atoms with E-state index in [1.54, 1.807) is 12.1 Å². The summed E-state index contributed by atoms with van der Waals surface area (Å²) in [6.45, 7) is 3.93. The highest BCUT2D eigenvalue weighted by Crippen LogP contribution is 2.27. The standard InChI is InChI=1S/C18H16BrFN4/c1-11-3-8-16(15(19)9-11)23-17-10-12(2)21-18(24-17)22-14-6-4-13(20)5-7-14/h3-10H,1-2H3,(H2,21,22,23,24). The molecule has 1 heterocycles. The molecule has 0 aliphatic rings. The number of benzene rings is 2. The fraction of sp³-hybridized carbons (Fsp3) is 0.111. The first-order chi connectivity index (χ1) is 11.5. The van der Waals surface area contributed by atoms with Gasteiger partial charge in [0.2, 0.25) is 5.95 Å². The lowest BCUT2D eigenvalue weighted by atomic mass is 10.2. The maximum atomic E-state index is 13.0. The minimum atomic E-state index is -0.280. The first kappa shape index (κ1) is 16.4. The highest BCUT2D eigenvalue weighted by Gasteiger charge is 2.06. The molecule has 0 aliphatic carbocycles. The van der Waals surface area contributed by atoms with Crippen LogP contribution in [-0.2, 0) is 0 Å². The summed E-state index contributed by atoms with van der Waals surface area (Å²) in [6, 6.07) is 14.0. The number of rotatable bonds is 4. The Balaban J connectivity index is 1.84. The van der Waals surface area contributed by atoms with E-state index in [4.69, 9.17) is 0 Å². The van der Waals surface area contributed by atoms with Gasteiger partial charge in [0.05, 0.1) is 5.69 Å². The molecule has 2 aromatic carbocycles. The fourth-order valence-electron chi connectivity index (χ4n) is 2.21. The second kappa shape index (κ2) is 6.97. The van der Waals surface area contributed by atoms with Crippen molar-refractivity contribution in [2.75, 3.05) is 10.6 Å². The number of hydrogen-bond acceptors (Lipinski definition) is 4. The molecule has 3 aromatic rings. The highest BCUT2D eigenvalue weighted by atomic mass is 79.9. The Labute approximate surface area is 148 Å². The molecule has 0 spiro atoms. The van der Waals surface area contributed by atoms with Crippen LogP contribution < -0.4 is 10.6 Å². The summed E-state index contributed by atoms with van der Waals surface area (Å²) in [4.78, 5) is 8.82. The quantitative estimate of drug-likeness (QED) is 0.622. The zero-order valence-electron chi connectivity index (χ0n) is 13.3. The van der Waals surface area contributed by atoms with Gasteiger partial charge in [-0.1, -0.05) is 6.07 Å². The van der Waals surface area contributed by atoms with Crippen molar-refractivity contribution in [2.24, 2.45) is 0 Å². The molecular formula is C18H16BrFN4. The van der Waals surface area contributed by atoms with E-state index in [9.17, 15) is 4.39 Å². The van der Waals surface area contributed by atoms with E-state index in [1.165, 1.54) is 17.7 Å². The summed E-state index contributed by atoms with van der Waals surface area (Å²) in [5.74, 6) is 0.848. The molecule has 1 aromatic heterocycles. The molecule has 0 amide bonds. The molecule has 3 rings (SSSR count). The van der Waals surface area contributed by atoms with Crippen LogP contribution in [0.15, 0.2) is 53.0 Å². The van der Waals surface area contributed by atoms with Crippen LogP contribution in [0.5, 0.6) is 0 Å². The molecule has 24 heavy (non-hydrogen) atoms. The van der Waals surface area contributed by atoms with Crippen LogP contribution in [0.4, 0.5) is 27.5 Å². The zero-order chi connectivity index (χ0) is 17.1. The van der Waals surface area contributed by atoms with Crippen molar-refractivity contribution in [3.05, 3.63) is 70.1 Å².